The highest BCUT2D eigenvalue weighted by Gasteiger charge is 2.10. The number of phenols is 3. The van der Waals surface area contributed by atoms with E-state index in [4.69, 9.17) is 5.11 Å². The third-order valence-corrected chi connectivity index (χ3v) is 2.26. The summed E-state index contributed by atoms with van der Waals surface area (Å²) in [4.78, 5) is 2.05. The number of aryl methyl sites for hydroxylation is 1. The van der Waals surface area contributed by atoms with Crippen LogP contribution in [0.4, 0.5) is 0 Å². The largest absolute Gasteiger partial charge is 0.504 e. The van der Waals surface area contributed by atoms with Crippen LogP contribution in [-0.2, 0) is 6.42 Å². The third kappa shape index (κ3) is 3.02. The van der Waals surface area contributed by atoms with Gasteiger partial charge in [0, 0.05) is 0 Å². The molecule has 15 heavy (non-hydrogen) atoms. The smallest absolute Gasteiger partial charge is 0.200 e. The zero-order valence-corrected chi connectivity index (χ0v) is 9.06. The molecular formula is C11H17NO3. The van der Waals surface area contributed by atoms with Crippen LogP contribution < -0.4 is 0 Å². The summed E-state index contributed by atoms with van der Waals surface area (Å²) in [6.07, 6.45) is 1.57. The predicted octanol–water partition coefficient (Wildman–Crippen LogP) is 1.30. The second-order valence-electron chi connectivity index (χ2n) is 3.85. The summed E-state index contributed by atoms with van der Waals surface area (Å²) in [7, 11) is 3.96. The maximum Gasteiger partial charge on any atom is 0.200 e. The molecule has 1 rings (SSSR count). The molecule has 0 heterocycles. The third-order valence-electron chi connectivity index (χ3n) is 2.26. The molecule has 4 nitrogen and oxygen atoms in total. The SMILES string of the molecule is CN(C)CCCc1ccc(O)c(O)c1O. The van der Waals surface area contributed by atoms with Crippen molar-refractivity contribution in [3.63, 3.8) is 0 Å². The molecule has 0 bridgehead atoms. The number of phenolic OH excluding ortho intramolecular Hbond substituents is 3. The van der Waals surface area contributed by atoms with Crippen molar-refractivity contribution < 1.29 is 15.3 Å². The van der Waals surface area contributed by atoms with Crippen LogP contribution >= 0.6 is 0 Å². The van der Waals surface area contributed by atoms with Crippen LogP contribution in [0.15, 0.2) is 12.1 Å². The Morgan fingerprint density at radius 2 is 1.73 bits per heavy atom. The molecule has 0 unspecified atom stereocenters. The topological polar surface area (TPSA) is 63.9 Å². The Hall–Kier alpha value is -1.42. The minimum atomic E-state index is -0.433. The molecule has 4 heteroatoms. The lowest BCUT2D eigenvalue weighted by Gasteiger charge is -2.10. The minimum Gasteiger partial charge on any atom is -0.504 e. The van der Waals surface area contributed by atoms with Gasteiger partial charge < -0.3 is 20.2 Å². The second-order valence-corrected chi connectivity index (χ2v) is 3.85. The Balaban J connectivity index is 2.66. The number of hydrogen-bond donors (Lipinski definition) is 3. The Bertz CT molecular complexity index is 337. The number of hydrogen-bond acceptors (Lipinski definition) is 4. The molecule has 1 aromatic carbocycles. The van der Waals surface area contributed by atoms with Crippen LogP contribution in [0.1, 0.15) is 12.0 Å². The number of benzene rings is 1. The van der Waals surface area contributed by atoms with Crippen molar-refractivity contribution in [1.29, 1.82) is 0 Å². The average molecular weight is 211 g/mol. The first-order valence-electron chi connectivity index (χ1n) is 4.90. The van der Waals surface area contributed by atoms with E-state index in [0.717, 1.165) is 13.0 Å². The first-order valence-corrected chi connectivity index (χ1v) is 4.90. The monoisotopic (exact) mass is 211 g/mol. The fourth-order valence-electron chi connectivity index (χ4n) is 1.40. The molecule has 0 saturated carbocycles. The molecule has 84 valence electrons. The summed E-state index contributed by atoms with van der Waals surface area (Å²) < 4.78 is 0. The van der Waals surface area contributed by atoms with Crippen molar-refractivity contribution >= 4 is 0 Å². The van der Waals surface area contributed by atoms with E-state index in [1.165, 1.54) is 6.07 Å². The fourth-order valence-corrected chi connectivity index (χ4v) is 1.40. The van der Waals surface area contributed by atoms with Gasteiger partial charge in [0.25, 0.3) is 0 Å². The van der Waals surface area contributed by atoms with Gasteiger partial charge in [-0.05, 0) is 45.1 Å². The molecule has 0 radical (unpaired) electrons. The molecule has 0 atom stereocenters. The van der Waals surface area contributed by atoms with Crippen molar-refractivity contribution in [2.75, 3.05) is 20.6 Å². The van der Waals surface area contributed by atoms with E-state index in [2.05, 4.69) is 4.90 Å². The highest BCUT2D eigenvalue weighted by molar-refractivity contribution is 5.53. The van der Waals surface area contributed by atoms with Gasteiger partial charge in [-0.3, -0.25) is 0 Å². The molecule has 3 N–H and O–H groups in total. The van der Waals surface area contributed by atoms with Crippen LogP contribution in [-0.4, -0.2) is 40.9 Å². The van der Waals surface area contributed by atoms with Gasteiger partial charge in [0.2, 0.25) is 5.75 Å². The standard InChI is InChI=1S/C11H17NO3/c1-12(2)7-3-4-8-5-6-9(13)11(15)10(8)14/h5-6,13-15H,3-4,7H2,1-2H3. The summed E-state index contributed by atoms with van der Waals surface area (Å²) in [5, 5.41) is 27.9. The number of nitrogens with zero attached hydrogens (tertiary/aromatic N) is 1. The molecule has 0 aliphatic carbocycles. The lowest BCUT2D eigenvalue weighted by Crippen LogP contribution is -2.13. The van der Waals surface area contributed by atoms with E-state index in [1.807, 2.05) is 14.1 Å². The van der Waals surface area contributed by atoms with Crippen LogP contribution in [0.2, 0.25) is 0 Å². The molecule has 0 fully saturated rings. The van der Waals surface area contributed by atoms with Gasteiger partial charge in [0.15, 0.2) is 11.5 Å². The quantitative estimate of drug-likeness (QED) is 0.657. The van der Waals surface area contributed by atoms with Crippen molar-refractivity contribution in [2.24, 2.45) is 0 Å². The normalized spacial score (nSPS) is 10.9. The van der Waals surface area contributed by atoms with Gasteiger partial charge in [-0.15, -0.1) is 0 Å². The number of rotatable bonds is 4. The van der Waals surface area contributed by atoms with Crippen molar-refractivity contribution in [1.82, 2.24) is 4.90 Å². The molecule has 0 spiro atoms. The Morgan fingerprint density at radius 3 is 2.33 bits per heavy atom. The van der Waals surface area contributed by atoms with E-state index < -0.39 is 5.75 Å². The van der Waals surface area contributed by atoms with E-state index in [9.17, 15) is 10.2 Å². The van der Waals surface area contributed by atoms with Gasteiger partial charge in [-0.1, -0.05) is 6.07 Å². The Morgan fingerprint density at radius 1 is 1.07 bits per heavy atom. The zero-order valence-electron chi connectivity index (χ0n) is 9.06. The van der Waals surface area contributed by atoms with E-state index in [-0.39, 0.29) is 11.5 Å². The highest BCUT2D eigenvalue weighted by Crippen LogP contribution is 2.37. The second kappa shape index (κ2) is 4.89. The molecule has 0 aliphatic heterocycles. The molecular weight excluding hydrogens is 194 g/mol. The molecule has 0 aromatic heterocycles. The molecule has 0 aliphatic rings. The highest BCUT2D eigenvalue weighted by atomic mass is 16.3. The van der Waals surface area contributed by atoms with Crippen molar-refractivity contribution in [2.45, 2.75) is 12.8 Å². The Kier molecular flexibility index (Phi) is 3.80. The molecule has 0 saturated heterocycles. The first-order chi connectivity index (χ1) is 7.02. The Labute approximate surface area is 89.4 Å². The van der Waals surface area contributed by atoms with Crippen molar-refractivity contribution in [3.8, 4) is 17.2 Å². The van der Waals surface area contributed by atoms with Gasteiger partial charge in [0.1, 0.15) is 0 Å². The lowest BCUT2D eigenvalue weighted by atomic mass is 10.1. The maximum atomic E-state index is 9.52. The van der Waals surface area contributed by atoms with Crippen molar-refractivity contribution in [3.05, 3.63) is 17.7 Å². The van der Waals surface area contributed by atoms with E-state index in [1.54, 1.807) is 6.07 Å². The summed E-state index contributed by atoms with van der Waals surface area (Å²) >= 11 is 0. The van der Waals surface area contributed by atoms with Crippen LogP contribution in [0.25, 0.3) is 0 Å². The summed E-state index contributed by atoms with van der Waals surface area (Å²) in [6.45, 7) is 0.918. The minimum absolute atomic E-state index is 0.214. The molecule has 0 amide bonds. The van der Waals surface area contributed by atoms with Gasteiger partial charge in [0.05, 0.1) is 0 Å². The zero-order chi connectivity index (χ0) is 11.4. The van der Waals surface area contributed by atoms with Gasteiger partial charge in [-0.2, -0.15) is 0 Å². The summed E-state index contributed by atoms with van der Waals surface area (Å²) in [5.41, 5.74) is 0.659. The number of aromatic hydroxyl groups is 3. The molecule has 1 aromatic rings. The van der Waals surface area contributed by atoms with E-state index >= 15 is 0 Å². The van der Waals surface area contributed by atoms with Crippen LogP contribution in [0.3, 0.4) is 0 Å². The van der Waals surface area contributed by atoms with Gasteiger partial charge >= 0.3 is 0 Å². The maximum absolute atomic E-state index is 9.52. The predicted molar refractivity (Wildman–Crippen MR) is 58.3 cm³/mol. The van der Waals surface area contributed by atoms with Crippen LogP contribution in [0, 0.1) is 0 Å². The summed E-state index contributed by atoms with van der Waals surface area (Å²) in [6, 6.07) is 3.01. The first kappa shape index (κ1) is 11.7. The average Bonchev–Trinajstić information content (AvgIpc) is 2.18. The van der Waals surface area contributed by atoms with Crippen LogP contribution in [0.5, 0.6) is 17.2 Å². The fraction of sp³-hybridized carbons (Fsp3) is 0.455. The summed E-state index contributed by atoms with van der Waals surface area (Å²) in [5.74, 6) is -0.935. The van der Waals surface area contributed by atoms with E-state index in [0.29, 0.717) is 12.0 Å². The lowest BCUT2D eigenvalue weighted by molar-refractivity contribution is 0.362. The van der Waals surface area contributed by atoms with Gasteiger partial charge in [-0.25, -0.2) is 0 Å².